The number of nitrogens with one attached hydrogen (secondary N) is 1. The fourth-order valence-electron chi connectivity index (χ4n) is 1.33. The maximum atomic E-state index is 11.9. The van der Waals surface area contributed by atoms with E-state index in [-0.39, 0.29) is 23.6 Å². The molecule has 7 heteroatoms. The van der Waals surface area contributed by atoms with Crippen molar-refractivity contribution in [3.05, 3.63) is 29.8 Å². The number of hydrogen-bond donors (Lipinski definition) is 1. The standard InChI is InChI=1S/C12H14ClF2NO3/c1-18-7-9(13)6-16-11(17)8-2-4-10(5-3-8)19-12(14)15/h2-5,9,12H,6-7H2,1H3,(H,16,17). The van der Waals surface area contributed by atoms with Gasteiger partial charge in [-0.05, 0) is 24.3 Å². The van der Waals surface area contributed by atoms with Gasteiger partial charge in [0.25, 0.3) is 5.91 Å². The van der Waals surface area contributed by atoms with E-state index in [2.05, 4.69) is 10.1 Å². The molecule has 1 N–H and O–H groups in total. The summed E-state index contributed by atoms with van der Waals surface area (Å²) in [6, 6.07) is 5.39. The van der Waals surface area contributed by atoms with E-state index < -0.39 is 6.61 Å². The minimum absolute atomic E-state index is 0.00107. The van der Waals surface area contributed by atoms with E-state index in [1.54, 1.807) is 0 Å². The van der Waals surface area contributed by atoms with Crippen molar-refractivity contribution in [1.82, 2.24) is 5.32 Å². The Bertz CT molecular complexity index is 400. The number of benzene rings is 1. The molecule has 1 amide bonds. The summed E-state index contributed by atoms with van der Waals surface area (Å²) in [7, 11) is 1.51. The number of amides is 1. The third kappa shape index (κ3) is 5.85. The number of carbonyl (C=O) groups excluding carboxylic acids is 1. The van der Waals surface area contributed by atoms with Gasteiger partial charge in [-0.15, -0.1) is 11.6 Å². The third-order valence-corrected chi connectivity index (χ3v) is 2.45. The van der Waals surface area contributed by atoms with Crippen LogP contribution in [0.4, 0.5) is 8.78 Å². The van der Waals surface area contributed by atoms with Crippen molar-refractivity contribution in [2.75, 3.05) is 20.3 Å². The maximum absolute atomic E-state index is 11.9. The molecule has 0 aliphatic carbocycles. The molecule has 0 spiro atoms. The van der Waals surface area contributed by atoms with E-state index in [9.17, 15) is 13.6 Å². The van der Waals surface area contributed by atoms with Crippen LogP contribution in [-0.2, 0) is 4.74 Å². The monoisotopic (exact) mass is 293 g/mol. The highest BCUT2D eigenvalue weighted by Gasteiger charge is 2.10. The zero-order valence-electron chi connectivity index (χ0n) is 10.2. The quantitative estimate of drug-likeness (QED) is 0.785. The van der Waals surface area contributed by atoms with Gasteiger partial charge in [-0.2, -0.15) is 8.78 Å². The van der Waals surface area contributed by atoms with Crippen LogP contribution >= 0.6 is 11.6 Å². The zero-order chi connectivity index (χ0) is 14.3. The SMILES string of the molecule is COCC(Cl)CNC(=O)c1ccc(OC(F)F)cc1. The average Bonchev–Trinajstić information content (AvgIpc) is 2.36. The summed E-state index contributed by atoms with van der Waals surface area (Å²) in [6.07, 6.45) is 0. The van der Waals surface area contributed by atoms with E-state index in [0.717, 1.165) is 0 Å². The van der Waals surface area contributed by atoms with Gasteiger partial charge in [0.1, 0.15) is 5.75 Å². The number of rotatable bonds is 7. The Hall–Kier alpha value is -1.40. The molecule has 0 aromatic heterocycles. The molecule has 1 rings (SSSR count). The smallest absolute Gasteiger partial charge is 0.387 e. The van der Waals surface area contributed by atoms with Crippen molar-refractivity contribution in [2.24, 2.45) is 0 Å². The summed E-state index contributed by atoms with van der Waals surface area (Å²) in [4.78, 5) is 11.7. The largest absolute Gasteiger partial charge is 0.435 e. The van der Waals surface area contributed by atoms with Gasteiger partial charge in [-0.3, -0.25) is 4.79 Å². The third-order valence-electron chi connectivity index (χ3n) is 2.17. The van der Waals surface area contributed by atoms with Crippen LogP contribution in [-0.4, -0.2) is 38.2 Å². The molecule has 1 aromatic carbocycles. The maximum Gasteiger partial charge on any atom is 0.387 e. The van der Waals surface area contributed by atoms with Gasteiger partial charge in [0.2, 0.25) is 0 Å². The van der Waals surface area contributed by atoms with Crippen LogP contribution in [0, 0.1) is 0 Å². The van der Waals surface area contributed by atoms with Crippen LogP contribution in [0.25, 0.3) is 0 Å². The molecule has 0 aliphatic rings. The first-order valence-electron chi connectivity index (χ1n) is 5.49. The topological polar surface area (TPSA) is 47.6 Å². The first-order valence-corrected chi connectivity index (χ1v) is 5.92. The lowest BCUT2D eigenvalue weighted by Crippen LogP contribution is -2.31. The molecule has 1 unspecified atom stereocenters. The summed E-state index contributed by atoms with van der Waals surface area (Å²) in [5.41, 5.74) is 0.336. The minimum Gasteiger partial charge on any atom is -0.435 e. The van der Waals surface area contributed by atoms with Gasteiger partial charge in [-0.1, -0.05) is 0 Å². The molecule has 0 saturated heterocycles. The van der Waals surface area contributed by atoms with E-state index in [1.807, 2.05) is 0 Å². The lowest BCUT2D eigenvalue weighted by molar-refractivity contribution is -0.0498. The first kappa shape index (κ1) is 15.7. The molecule has 4 nitrogen and oxygen atoms in total. The van der Waals surface area contributed by atoms with Gasteiger partial charge < -0.3 is 14.8 Å². The second-order valence-corrected chi connectivity index (χ2v) is 4.28. The van der Waals surface area contributed by atoms with E-state index in [1.165, 1.54) is 31.4 Å². The molecule has 0 aliphatic heterocycles. The van der Waals surface area contributed by atoms with Crippen molar-refractivity contribution in [1.29, 1.82) is 0 Å². The normalized spacial score (nSPS) is 12.3. The van der Waals surface area contributed by atoms with Crippen LogP contribution in [0.2, 0.25) is 0 Å². The van der Waals surface area contributed by atoms with Crippen LogP contribution in [0.15, 0.2) is 24.3 Å². The van der Waals surface area contributed by atoms with E-state index >= 15 is 0 Å². The second-order valence-electron chi connectivity index (χ2n) is 3.67. The molecule has 0 saturated carbocycles. The number of carbonyl (C=O) groups is 1. The van der Waals surface area contributed by atoms with E-state index in [4.69, 9.17) is 16.3 Å². The Morgan fingerprint density at radius 3 is 2.53 bits per heavy atom. The molecule has 1 aromatic rings. The molecule has 0 heterocycles. The highest BCUT2D eigenvalue weighted by Crippen LogP contribution is 2.14. The molecular weight excluding hydrogens is 280 g/mol. The number of halogens is 3. The predicted molar refractivity (Wildman–Crippen MR) is 66.9 cm³/mol. The van der Waals surface area contributed by atoms with Gasteiger partial charge >= 0.3 is 6.61 Å². The van der Waals surface area contributed by atoms with Crippen molar-refractivity contribution < 1.29 is 23.0 Å². The van der Waals surface area contributed by atoms with Crippen molar-refractivity contribution in [2.45, 2.75) is 12.0 Å². The number of alkyl halides is 3. The first-order chi connectivity index (χ1) is 9.02. The summed E-state index contributed by atoms with van der Waals surface area (Å²) in [5, 5.41) is 2.28. The highest BCUT2D eigenvalue weighted by molar-refractivity contribution is 6.21. The van der Waals surface area contributed by atoms with Crippen LogP contribution in [0.5, 0.6) is 5.75 Å². The summed E-state index contributed by atoms with van der Waals surface area (Å²) < 4.78 is 32.9. The molecule has 0 radical (unpaired) electrons. The van der Waals surface area contributed by atoms with Gasteiger partial charge in [0.15, 0.2) is 0 Å². The molecule has 1 atom stereocenters. The van der Waals surface area contributed by atoms with E-state index in [0.29, 0.717) is 12.2 Å². The molecule has 19 heavy (non-hydrogen) atoms. The lowest BCUT2D eigenvalue weighted by atomic mass is 10.2. The Labute approximate surface area is 114 Å². The van der Waals surface area contributed by atoms with Gasteiger partial charge in [0.05, 0.1) is 12.0 Å². The van der Waals surface area contributed by atoms with Crippen molar-refractivity contribution >= 4 is 17.5 Å². The van der Waals surface area contributed by atoms with Crippen molar-refractivity contribution in [3.63, 3.8) is 0 Å². The lowest BCUT2D eigenvalue weighted by Gasteiger charge is -2.10. The Kier molecular flexibility index (Phi) is 6.52. The van der Waals surface area contributed by atoms with Gasteiger partial charge in [0, 0.05) is 19.2 Å². The molecule has 0 fully saturated rings. The zero-order valence-corrected chi connectivity index (χ0v) is 11.0. The average molecular weight is 294 g/mol. The van der Waals surface area contributed by atoms with Gasteiger partial charge in [-0.25, -0.2) is 0 Å². The predicted octanol–water partition coefficient (Wildman–Crippen LogP) is 2.27. The molecule has 0 bridgehead atoms. The second kappa shape index (κ2) is 7.91. The Morgan fingerprint density at radius 2 is 2.00 bits per heavy atom. The van der Waals surface area contributed by atoms with Crippen LogP contribution in [0.1, 0.15) is 10.4 Å². The summed E-state index contributed by atoms with van der Waals surface area (Å²) in [6.45, 7) is -2.31. The van der Waals surface area contributed by atoms with Crippen LogP contribution in [0.3, 0.4) is 0 Å². The number of ether oxygens (including phenoxy) is 2. The summed E-state index contributed by atoms with van der Waals surface area (Å²) >= 11 is 5.85. The molecule has 106 valence electrons. The summed E-state index contributed by atoms with van der Waals surface area (Å²) in [5.74, 6) is -0.341. The van der Waals surface area contributed by atoms with Crippen molar-refractivity contribution in [3.8, 4) is 5.75 Å². The Morgan fingerprint density at radius 1 is 1.37 bits per heavy atom. The molecular formula is C12H14ClF2NO3. The fourth-order valence-corrected chi connectivity index (χ4v) is 1.54. The highest BCUT2D eigenvalue weighted by atomic mass is 35.5. The number of hydrogen-bond acceptors (Lipinski definition) is 3. The van der Waals surface area contributed by atoms with Crippen LogP contribution < -0.4 is 10.1 Å². The number of methoxy groups -OCH3 is 1. The Balaban J connectivity index is 2.48. The minimum atomic E-state index is -2.88. The fraction of sp³-hybridized carbons (Fsp3) is 0.417.